The lowest BCUT2D eigenvalue weighted by molar-refractivity contribution is -0.0547. The first-order valence-corrected chi connectivity index (χ1v) is 7.03. The summed E-state index contributed by atoms with van der Waals surface area (Å²) in [7, 11) is 0. The summed E-state index contributed by atoms with van der Waals surface area (Å²) < 4.78 is 5.56. The number of hydrazine groups is 1. The van der Waals surface area contributed by atoms with Crippen LogP contribution in [0.2, 0.25) is 0 Å². The summed E-state index contributed by atoms with van der Waals surface area (Å²) in [5, 5.41) is 0. The normalized spacial score (nSPS) is 21.8. The summed E-state index contributed by atoms with van der Waals surface area (Å²) in [6, 6.07) is 6.81. The third kappa shape index (κ3) is 4.19. The fraction of sp³-hybridized carbons (Fsp3) is 0.467. The van der Waals surface area contributed by atoms with Gasteiger partial charge in [0.25, 0.3) is 5.91 Å². The number of nitrogens with one attached hydrogen (secondary N) is 2. The highest BCUT2D eigenvalue weighted by molar-refractivity contribution is 5.95. The van der Waals surface area contributed by atoms with Crippen molar-refractivity contribution in [3.05, 3.63) is 35.4 Å². The molecule has 6 nitrogen and oxygen atoms in total. The molecule has 0 aliphatic carbocycles. The number of benzene rings is 1. The van der Waals surface area contributed by atoms with Crippen LogP contribution in [0.3, 0.4) is 0 Å². The van der Waals surface area contributed by atoms with Crippen LogP contribution in [0, 0.1) is 6.92 Å². The van der Waals surface area contributed by atoms with Gasteiger partial charge in [-0.1, -0.05) is 17.7 Å². The van der Waals surface area contributed by atoms with Gasteiger partial charge in [0.1, 0.15) is 0 Å². The van der Waals surface area contributed by atoms with Crippen LogP contribution >= 0.6 is 0 Å². The second kappa shape index (κ2) is 6.58. The molecule has 21 heavy (non-hydrogen) atoms. The van der Waals surface area contributed by atoms with Gasteiger partial charge in [-0.3, -0.25) is 10.2 Å². The Labute approximate surface area is 124 Å². The number of carbonyl (C=O) groups is 2. The Morgan fingerprint density at radius 2 is 1.67 bits per heavy atom. The average Bonchev–Trinajstić information content (AvgIpc) is 2.44. The van der Waals surface area contributed by atoms with Crippen LogP contribution in [-0.4, -0.2) is 42.1 Å². The molecule has 0 saturated carbocycles. The van der Waals surface area contributed by atoms with E-state index in [9.17, 15) is 9.59 Å². The van der Waals surface area contributed by atoms with Gasteiger partial charge in [0.05, 0.1) is 12.2 Å². The molecule has 0 unspecified atom stereocenters. The fourth-order valence-corrected chi connectivity index (χ4v) is 2.31. The quantitative estimate of drug-likeness (QED) is 0.770. The van der Waals surface area contributed by atoms with E-state index >= 15 is 0 Å². The number of hydrogen-bond donors (Lipinski definition) is 2. The first-order chi connectivity index (χ1) is 9.95. The minimum absolute atomic E-state index is 0.00713. The van der Waals surface area contributed by atoms with Gasteiger partial charge in [-0.2, -0.15) is 0 Å². The topological polar surface area (TPSA) is 70.7 Å². The summed E-state index contributed by atoms with van der Waals surface area (Å²) in [5.74, 6) is -0.335. The van der Waals surface area contributed by atoms with Crippen molar-refractivity contribution in [1.82, 2.24) is 15.8 Å². The highest BCUT2D eigenvalue weighted by Crippen LogP contribution is 2.10. The second-order valence-corrected chi connectivity index (χ2v) is 5.41. The van der Waals surface area contributed by atoms with E-state index in [4.69, 9.17) is 4.74 Å². The largest absolute Gasteiger partial charge is 0.372 e. The number of morpholine rings is 1. The molecule has 1 saturated heterocycles. The summed E-state index contributed by atoms with van der Waals surface area (Å²) in [4.78, 5) is 25.6. The summed E-state index contributed by atoms with van der Waals surface area (Å²) >= 11 is 0. The maximum Gasteiger partial charge on any atom is 0.336 e. The molecular formula is C15H21N3O3. The number of rotatable bonds is 1. The second-order valence-electron chi connectivity index (χ2n) is 5.41. The molecule has 2 N–H and O–H groups in total. The molecule has 0 spiro atoms. The van der Waals surface area contributed by atoms with Crippen molar-refractivity contribution >= 4 is 11.9 Å². The van der Waals surface area contributed by atoms with Crippen LogP contribution in [0.5, 0.6) is 0 Å². The Morgan fingerprint density at radius 1 is 1.10 bits per heavy atom. The van der Waals surface area contributed by atoms with Crippen LogP contribution in [0.4, 0.5) is 4.79 Å². The maximum atomic E-state index is 12.0. The standard InChI is InChI=1S/C15H21N3O3/c1-10-4-6-13(7-5-10)14(19)16-17-15(20)18-8-11(2)21-12(3)9-18/h4-7,11-12H,8-9H2,1-3H3,(H,16,19)(H,17,20)/t11-,12+. The number of amides is 3. The van der Waals surface area contributed by atoms with Gasteiger partial charge in [-0.05, 0) is 32.9 Å². The third-order valence-electron chi connectivity index (χ3n) is 3.30. The molecule has 0 radical (unpaired) electrons. The van der Waals surface area contributed by atoms with Gasteiger partial charge < -0.3 is 9.64 Å². The lowest BCUT2D eigenvalue weighted by atomic mass is 10.1. The van der Waals surface area contributed by atoms with E-state index in [1.54, 1.807) is 17.0 Å². The number of aryl methyl sites for hydroxylation is 1. The van der Waals surface area contributed by atoms with E-state index in [-0.39, 0.29) is 24.1 Å². The van der Waals surface area contributed by atoms with Crippen LogP contribution in [0.1, 0.15) is 29.8 Å². The van der Waals surface area contributed by atoms with Gasteiger partial charge in [-0.25, -0.2) is 10.2 Å². The molecule has 1 aromatic carbocycles. The molecule has 1 aromatic rings. The van der Waals surface area contributed by atoms with Crippen molar-refractivity contribution < 1.29 is 14.3 Å². The van der Waals surface area contributed by atoms with E-state index in [1.807, 2.05) is 32.9 Å². The number of ether oxygens (including phenoxy) is 1. The van der Waals surface area contributed by atoms with Crippen molar-refractivity contribution in [2.45, 2.75) is 33.0 Å². The Morgan fingerprint density at radius 3 is 2.24 bits per heavy atom. The minimum atomic E-state index is -0.335. The van der Waals surface area contributed by atoms with Crippen molar-refractivity contribution in [3.63, 3.8) is 0 Å². The predicted molar refractivity (Wildman–Crippen MR) is 78.8 cm³/mol. The van der Waals surface area contributed by atoms with E-state index in [0.29, 0.717) is 18.7 Å². The van der Waals surface area contributed by atoms with Gasteiger partial charge in [-0.15, -0.1) is 0 Å². The molecule has 1 aliphatic rings. The van der Waals surface area contributed by atoms with Crippen LogP contribution in [0.15, 0.2) is 24.3 Å². The van der Waals surface area contributed by atoms with Crippen LogP contribution in [-0.2, 0) is 4.74 Å². The highest BCUT2D eigenvalue weighted by Gasteiger charge is 2.26. The zero-order valence-electron chi connectivity index (χ0n) is 12.6. The monoisotopic (exact) mass is 291 g/mol. The SMILES string of the molecule is Cc1ccc(C(=O)NNC(=O)N2C[C@@H](C)O[C@@H](C)C2)cc1. The highest BCUT2D eigenvalue weighted by atomic mass is 16.5. The lowest BCUT2D eigenvalue weighted by Crippen LogP contribution is -2.55. The van der Waals surface area contributed by atoms with Gasteiger partial charge >= 0.3 is 6.03 Å². The molecule has 2 atom stereocenters. The van der Waals surface area contributed by atoms with Crippen molar-refractivity contribution in [2.75, 3.05) is 13.1 Å². The molecule has 114 valence electrons. The lowest BCUT2D eigenvalue weighted by Gasteiger charge is -2.35. The molecule has 0 bridgehead atoms. The number of urea groups is 1. The Balaban J connectivity index is 1.86. The van der Waals surface area contributed by atoms with E-state index in [2.05, 4.69) is 10.9 Å². The van der Waals surface area contributed by atoms with Gasteiger partial charge in [0.15, 0.2) is 0 Å². The Hall–Kier alpha value is -2.08. The zero-order valence-corrected chi connectivity index (χ0v) is 12.6. The average molecular weight is 291 g/mol. The minimum Gasteiger partial charge on any atom is -0.372 e. The van der Waals surface area contributed by atoms with Crippen molar-refractivity contribution in [2.24, 2.45) is 0 Å². The molecule has 2 rings (SSSR count). The number of hydrogen-bond acceptors (Lipinski definition) is 3. The fourth-order valence-electron chi connectivity index (χ4n) is 2.31. The van der Waals surface area contributed by atoms with E-state index < -0.39 is 0 Å². The van der Waals surface area contributed by atoms with E-state index in [1.165, 1.54) is 0 Å². The summed E-state index contributed by atoms with van der Waals surface area (Å²) in [6.45, 7) is 6.80. The smallest absolute Gasteiger partial charge is 0.336 e. The van der Waals surface area contributed by atoms with Crippen molar-refractivity contribution in [1.29, 1.82) is 0 Å². The summed E-state index contributed by atoms with van der Waals surface area (Å²) in [5.41, 5.74) is 6.44. The molecular weight excluding hydrogens is 270 g/mol. The first kappa shape index (κ1) is 15.3. The molecule has 6 heteroatoms. The molecule has 3 amide bonds. The predicted octanol–water partition coefficient (Wildman–Crippen LogP) is 1.46. The summed E-state index contributed by atoms with van der Waals surface area (Å²) in [6.07, 6.45) is -0.0143. The van der Waals surface area contributed by atoms with Gasteiger partial charge in [0, 0.05) is 18.7 Å². The molecule has 1 fully saturated rings. The van der Waals surface area contributed by atoms with Crippen LogP contribution in [0.25, 0.3) is 0 Å². The van der Waals surface area contributed by atoms with Crippen LogP contribution < -0.4 is 10.9 Å². The molecule has 1 aliphatic heterocycles. The van der Waals surface area contributed by atoms with Gasteiger partial charge in [0.2, 0.25) is 0 Å². The third-order valence-corrected chi connectivity index (χ3v) is 3.30. The number of nitrogens with zero attached hydrogens (tertiary/aromatic N) is 1. The Kier molecular flexibility index (Phi) is 4.80. The first-order valence-electron chi connectivity index (χ1n) is 7.03. The maximum absolute atomic E-state index is 12.0. The molecule has 1 heterocycles. The van der Waals surface area contributed by atoms with Crippen molar-refractivity contribution in [3.8, 4) is 0 Å². The number of carbonyl (C=O) groups excluding carboxylic acids is 2. The molecule has 0 aromatic heterocycles. The zero-order chi connectivity index (χ0) is 15.4. The Bertz CT molecular complexity index is 505. The van der Waals surface area contributed by atoms with E-state index in [0.717, 1.165) is 5.56 Å².